The van der Waals surface area contributed by atoms with Crippen LogP contribution in [0.4, 0.5) is 13.2 Å². The standard InChI is InChI=1S/C12H16F3N3O2/c1-7-9(8(2)20-18-7)5-17-10(19)11(12(13,14)15)3-4-16-6-11/h16H,3-6H2,1-2H3,(H,17,19). The van der Waals surface area contributed by atoms with Crippen molar-refractivity contribution >= 4 is 5.91 Å². The summed E-state index contributed by atoms with van der Waals surface area (Å²) in [6.07, 6.45) is -4.82. The summed E-state index contributed by atoms with van der Waals surface area (Å²) in [5.74, 6) is -0.511. The molecule has 1 atom stereocenters. The van der Waals surface area contributed by atoms with E-state index in [0.29, 0.717) is 17.0 Å². The molecule has 8 heteroatoms. The highest BCUT2D eigenvalue weighted by Gasteiger charge is 2.61. The number of nitrogens with one attached hydrogen (secondary N) is 2. The smallest absolute Gasteiger partial charge is 0.361 e. The highest BCUT2D eigenvalue weighted by Crippen LogP contribution is 2.43. The highest BCUT2D eigenvalue weighted by atomic mass is 19.4. The minimum Gasteiger partial charge on any atom is -0.361 e. The number of alkyl halides is 3. The normalized spacial score (nSPS) is 23.1. The Bertz CT molecular complexity index is 485. The van der Waals surface area contributed by atoms with E-state index in [2.05, 4.69) is 15.8 Å². The molecule has 1 unspecified atom stereocenters. The summed E-state index contributed by atoms with van der Waals surface area (Å²) in [7, 11) is 0. The Hall–Kier alpha value is -1.57. The van der Waals surface area contributed by atoms with E-state index < -0.39 is 17.5 Å². The second-order valence-electron chi connectivity index (χ2n) is 4.99. The van der Waals surface area contributed by atoms with Crippen molar-refractivity contribution in [1.29, 1.82) is 0 Å². The minimum absolute atomic E-state index is 0.0160. The molecule has 1 aliphatic heterocycles. The molecule has 0 spiro atoms. The number of hydrogen-bond donors (Lipinski definition) is 2. The van der Waals surface area contributed by atoms with Crippen molar-refractivity contribution in [3.8, 4) is 0 Å². The van der Waals surface area contributed by atoms with Gasteiger partial charge in [-0.1, -0.05) is 5.16 Å². The molecule has 0 aromatic carbocycles. The Kier molecular flexibility index (Phi) is 3.77. The molecule has 0 radical (unpaired) electrons. The number of nitrogens with zero attached hydrogens (tertiary/aromatic N) is 1. The van der Waals surface area contributed by atoms with Gasteiger partial charge < -0.3 is 15.2 Å². The summed E-state index contributed by atoms with van der Waals surface area (Å²) in [5, 5.41) is 8.66. The third-order valence-electron chi connectivity index (χ3n) is 3.74. The molecular weight excluding hydrogens is 275 g/mol. The maximum Gasteiger partial charge on any atom is 0.404 e. The van der Waals surface area contributed by atoms with Crippen molar-refractivity contribution in [2.24, 2.45) is 5.41 Å². The van der Waals surface area contributed by atoms with Gasteiger partial charge in [-0.05, 0) is 26.8 Å². The van der Waals surface area contributed by atoms with Crippen molar-refractivity contribution in [1.82, 2.24) is 15.8 Å². The topological polar surface area (TPSA) is 67.2 Å². The zero-order valence-corrected chi connectivity index (χ0v) is 11.2. The van der Waals surface area contributed by atoms with E-state index in [1.807, 2.05) is 0 Å². The van der Waals surface area contributed by atoms with Gasteiger partial charge >= 0.3 is 6.18 Å². The maximum atomic E-state index is 13.2. The Morgan fingerprint density at radius 1 is 1.50 bits per heavy atom. The molecule has 20 heavy (non-hydrogen) atoms. The maximum absolute atomic E-state index is 13.2. The molecule has 1 aliphatic rings. The lowest BCUT2D eigenvalue weighted by atomic mass is 9.85. The third-order valence-corrected chi connectivity index (χ3v) is 3.74. The quantitative estimate of drug-likeness (QED) is 0.884. The van der Waals surface area contributed by atoms with Gasteiger partial charge in [0.05, 0.1) is 5.69 Å². The predicted molar refractivity (Wildman–Crippen MR) is 63.8 cm³/mol. The van der Waals surface area contributed by atoms with Crippen LogP contribution < -0.4 is 10.6 Å². The van der Waals surface area contributed by atoms with Gasteiger partial charge in [-0.15, -0.1) is 0 Å². The summed E-state index contributed by atoms with van der Waals surface area (Å²) in [5.41, 5.74) is -1.17. The third kappa shape index (κ3) is 2.39. The van der Waals surface area contributed by atoms with Crippen LogP contribution in [0.5, 0.6) is 0 Å². The van der Waals surface area contributed by atoms with Gasteiger partial charge in [0.15, 0.2) is 5.41 Å². The van der Waals surface area contributed by atoms with E-state index in [4.69, 9.17) is 4.52 Å². The Morgan fingerprint density at radius 2 is 2.20 bits per heavy atom. The van der Waals surface area contributed by atoms with Gasteiger partial charge in [-0.25, -0.2) is 0 Å². The SMILES string of the molecule is Cc1noc(C)c1CNC(=O)C1(C(F)(F)F)CCNC1. The average Bonchev–Trinajstić information content (AvgIpc) is 2.95. The molecule has 0 aliphatic carbocycles. The molecule has 112 valence electrons. The molecule has 0 saturated carbocycles. The van der Waals surface area contributed by atoms with E-state index in [1.165, 1.54) is 0 Å². The number of carbonyl (C=O) groups excluding carboxylic acids is 1. The second kappa shape index (κ2) is 5.08. The van der Waals surface area contributed by atoms with Gasteiger partial charge in [-0.2, -0.15) is 13.2 Å². The van der Waals surface area contributed by atoms with Crippen LogP contribution in [0.2, 0.25) is 0 Å². The summed E-state index contributed by atoms with van der Waals surface area (Å²) in [6, 6.07) is 0. The summed E-state index contributed by atoms with van der Waals surface area (Å²) >= 11 is 0. The van der Waals surface area contributed by atoms with Gasteiger partial charge in [0, 0.05) is 18.7 Å². The first-order valence-electron chi connectivity index (χ1n) is 6.25. The van der Waals surface area contributed by atoms with E-state index >= 15 is 0 Å². The number of aryl methyl sites for hydroxylation is 2. The molecular formula is C12H16F3N3O2. The molecule has 5 nitrogen and oxygen atoms in total. The molecule has 2 heterocycles. The number of hydrogen-bond acceptors (Lipinski definition) is 4. The first kappa shape index (κ1) is 14.8. The lowest BCUT2D eigenvalue weighted by molar-refractivity contribution is -0.216. The van der Waals surface area contributed by atoms with Gasteiger partial charge in [0.1, 0.15) is 5.76 Å². The summed E-state index contributed by atoms with van der Waals surface area (Å²) in [6.45, 7) is 3.10. The Labute approximate surface area is 113 Å². The minimum atomic E-state index is -4.57. The summed E-state index contributed by atoms with van der Waals surface area (Å²) in [4.78, 5) is 12.0. The van der Waals surface area contributed by atoms with Gasteiger partial charge in [-0.3, -0.25) is 4.79 Å². The van der Waals surface area contributed by atoms with Crippen LogP contribution in [-0.4, -0.2) is 30.3 Å². The zero-order valence-electron chi connectivity index (χ0n) is 11.2. The van der Waals surface area contributed by atoms with Crippen LogP contribution in [-0.2, 0) is 11.3 Å². The molecule has 2 N–H and O–H groups in total. The fourth-order valence-corrected chi connectivity index (χ4v) is 2.35. The van der Waals surface area contributed by atoms with Crippen LogP contribution in [0, 0.1) is 19.3 Å². The number of carbonyl (C=O) groups is 1. The molecule has 1 aromatic rings. The van der Waals surface area contributed by atoms with Gasteiger partial charge in [0.25, 0.3) is 0 Å². The first-order valence-corrected chi connectivity index (χ1v) is 6.25. The van der Waals surface area contributed by atoms with Crippen molar-refractivity contribution in [3.05, 3.63) is 17.0 Å². The van der Waals surface area contributed by atoms with E-state index in [1.54, 1.807) is 13.8 Å². The molecule has 0 bridgehead atoms. The average molecular weight is 291 g/mol. The van der Waals surface area contributed by atoms with E-state index in [9.17, 15) is 18.0 Å². The van der Waals surface area contributed by atoms with Crippen LogP contribution in [0.3, 0.4) is 0 Å². The first-order chi connectivity index (χ1) is 9.28. The second-order valence-corrected chi connectivity index (χ2v) is 4.99. The zero-order chi connectivity index (χ0) is 15.0. The molecule has 1 saturated heterocycles. The van der Waals surface area contributed by atoms with Crippen molar-refractivity contribution in [2.45, 2.75) is 33.0 Å². The van der Waals surface area contributed by atoms with E-state index in [0.717, 1.165) is 0 Å². The summed E-state index contributed by atoms with van der Waals surface area (Å²) < 4.78 is 44.4. The van der Waals surface area contributed by atoms with Crippen LogP contribution >= 0.6 is 0 Å². The number of halogens is 3. The largest absolute Gasteiger partial charge is 0.404 e. The van der Waals surface area contributed by atoms with Crippen molar-refractivity contribution < 1.29 is 22.5 Å². The number of amides is 1. The van der Waals surface area contributed by atoms with Crippen LogP contribution in [0.15, 0.2) is 4.52 Å². The molecule has 1 amide bonds. The monoisotopic (exact) mass is 291 g/mol. The Morgan fingerprint density at radius 3 is 2.65 bits per heavy atom. The fourth-order valence-electron chi connectivity index (χ4n) is 2.35. The number of rotatable bonds is 3. The highest BCUT2D eigenvalue weighted by molar-refractivity contribution is 5.84. The predicted octanol–water partition coefficient (Wildman–Crippen LogP) is 1.45. The van der Waals surface area contributed by atoms with Crippen LogP contribution in [0.25, 0.3) is 0 Å². The number of aromatic nitrogens is 1. The molecule has 1 aromatic heterocycles. The van der Waals surface area contributed by atoms with Gasteiger partial charge in [0.2, 0.25) is 5.91 Å². The lowest BCUT2D eigenvalue weighted by Gasteiger charge is -2.29. The molecule has 2 rings (SSSR count). The van der Waals surface area contributed by atoms with Crippen molar-refractivity contribution in [3.63, 3.8) is 0 Å². The van der Waals surface area contributed by atoms with Crippen molar-refractivity contribution in [2.75, 3.05) is 13.1 Å². The van der Waals surface area contributed by atoms with Crippen LogP contribution in [0.1, 0.15) is 23.4 Å². The fraction of sp³-hybridized carbons (Fsp3) is 0.667. The Balaban J connectivity index is 2.11. The molecule has 1 fully saturated rings. The van der Waals surface area contributed by atoms with E-state index in [-0.39, 0.29) is 26.1 Å². The lowest BCUT2D eigenvalue weighted by Crippen LogP contribution is -2.52.